The summed E-state index contributed by atoms with van der Waals surface area (Å²) in [4.78, 5) is 0. The normalized spacial score (nSPS) is 12.2. The summed E-state index contributed by atoms with van der Waals surface area (Å²) in [6.45, 7) is 2.62. The monoisotopic (exact) mass is 319 g/mol. The molecular formula is C16H18BrNO. The van der Waals surface area contributed by atoms with Gasteiger partial charge < -0.3 is 10.4 Å². The molecule has 0 spiro atoms. The molecule has 0 bridgehead atoms. The summed E-state index contributed by atoms with van der Waals surface area (Å²) in [7, 11) is 0. The zero-order valence-electron chi connectivity index (χ0n) is 10.9. The highest BCUT2D eigenvalue weighted by atomic mass is 79.9. The van der Waals surface area contributed by atoms with E-state index >= 15 is 0 Å². The first-order valence-electron chi connectivity index (χ1n) is 6.36. The van der Waals surface area contributed by atoms with Crippen molar-refractivity contribution in [2.45, 2.75) is 19.4 Å². The molecule has 0 amide bonds. The summed E-state index contributed by atoms with van der Waals surface area (Å²) in [6, 6.07) is 16.2. The van der Waals surface area contributed by atoms with E-state index in [1.165, 1.54) is 5.56 Å². The Morgan fingerprint density at radius 1 is 1.05 bits per heavy atom. The van der Waals surface area contributed by atoms with Gasteiger partial charge in [-0.3, -0.25) is 0 Å². The van der Waals surface area contributed by atoms with Crippen molar-refractivity contribution in [2.75, 3.05) is 11.9 Å². The number of hydrogen-bond acceptors (Lipinski definition) is 2. The molecule has 2 aromatic carbocycles. The number of aliphatic hydroxyl groups excluding tert-OH is 1. The van der Waals surface area contributed by atoms with Gasteiger partial charge in [-0.2, -0.15) is 0 Å². The van der Waals surface area contributed by atoms with Crippen molar-refractivity contribution in [1.29, 1.82) is 0 Å². The lowest BCUT2D eigenvalue weighted by Crippen LogP contribution is -2.21. The molecule has 0 aromatic heterocycles. The third-order valence-electron chi connectivity index (χ3n) is 2.98. The van der Waals surface area contributed by atoms with E-state index in [1.54, 1.807) is 0 Å². The number of rotatable bonds is 5. The van der Waals surface area contributed by atoms with E-state index in [0.717, 1.165) is 15.7 Å². The molecule has 0 heterocycles. The summed E-state index contributed by atoms with van der Waals surface area (Å²) in [5, 5.41) is 13.2. The Hall–Kier alpha value is -1.32. The number of hydrogen-bond donors (Lipinski definition) is 2. The SMILES string of the molecule is Cc1ccc(C[C@H](O)CNc2ccc(Br)cc2)cc1. The summed E-state index contributed by atoms with van der Waals surface area (Å²) in [5.41, 5.74) is 3.42. The van der Waals surface area contributed by atoms with E-state index in [4.69, 9.17) is 0 Å². The summed E-state index contributed by atoms with van der Waals surface area (Å²) >= 11 is 3.40. The first-order chi connectivity index (χ1) is 9.13. The highest BCUT2D eigenvalue weighted by molar-refractivity contribution is 9.10. The minimum atomic E-state index is -0.383. The van der Waals surface area contributed by atoms with E-state index in [9.17, 15) is 5.11 Å². The van der Waals surface area contributed by atoms with E-state index in [0.29, 0.717) is 13.0 Å². The maximum Gasteiger partial charge on any atom is 0.0752 e. The van der Waals surface area contributed by atoms with Gasteiger partial charge in [0.25, 0.3) is 0 Å². The summed E-state index contributed by atoms with van der Waals surface area (Å²) < 4.78 is 1.05. The van der Waals surface area contributed by atoms with Crippen molar-refractivity contribution in [2.24, 2.45) is 0 Å². The van der Waals surface area contributed by atoms with Gasteiger partial charge in [0, 0.05) is 23.1 Å². The second kappa shape index (κ2) is 6.73. The van der Waals surface area contributed by atoms with Crippen LogP contribution >= 0.6 is 15.9 Å². The molecule has 0 fully saturated rings. The Morgan fingerprint density at radius 3 is 2.32 bits per heavy atom. The number of halogens is 1. The lowest BCUT2D eigenvalue weighted by atomic mass is 10.1. The summed E-state index contributed by atoms with van der Waals surface area (Å²) in [6.07, 6.45) is 0.287. The topological polar surface area (TPSA) is 32.3 Å². The second-order valence-corrected chi connectivity index (χ2v) is 5.65. The van der Waals surface area contributed by atoms with Crippen LogP contribution < -0.4 is 5.32 Å². The van der Waals surface area contributed by atoms with E-state index < -0.39 is 0 Å². The van der Waals surface area contributed by atoms with Gasteiger partial charge in [-0.05, 0) is 36.8 Å². The van der Waals surface area contributed by atoms with Crippen molar-refractivity contribution in [3.63, 3.8) is 0 Å². The molecule has 0 aliphatic carbocycles. The molecule has 2 N–H and O–H groups in total. The zero-order chi connectivity index (χ0) is 13.7. The van der Waals surface area contributed by atoms with Gasteiger partial charge in [-0.1, -0.05) is 45.8 Å². The van der Waals surface area contributed by atoms with Crippen LogP contribution in [0.5, 0.6) is 0 Å². The van der Waals surface area contributed by atoms with Gasteiger partial charge >= 0.3 is 0 Å². The first-order valence-corrected chi connectivity index (χ1v) is 7.16. The minimum absolute atomic E-state index is 0.383. The molecule has 0 aliphatic heterocycles. The van der Waals surface area contributed by atoms with Crippen LogP contribution in [0.25, 0.3) is 0 Å². The molecule has 3 heteroatoms. The molecule has 2 rings (SSSR count). The molecule has 0 saturated carbocycles. The third-order valence-corrected chi connectivity index (χ3v) is 3.51. The average Bonchev–Trinajstić information content (AvgIpc) is 2.41. The first kappa shape index (κ1) is 14.1. The maximum atomic E-state index is 10.0. The van der Waals surface area contributed by atoms with Crippen molar-refractivity contribution in [3.05, 3.63) is 64.1 Å². The fourth-order valence-electron chi connectivity index (χ4n) is 1.87. The molecule has 100 valence electrons. The lowest BCUT2D eigenvalue weighted by Gasteiger charge is -2.13. The van der Waals surface area contributed by atoms with Gasteiger partial charge in [0.1, 0.15) is 0 Å². The number of aliphatic hydroxyl groups is 1. The van der Waals surface area contributed by atoms with Crippen molar-refractivity contribution < 1.29 is 5.11 Å². The molecule has 0 radical (unpaired) electrons. The van der Waals surface area contributed by atoms with Gasteiger partial charge in [0.05, 0.1) is 6.10 Å². The highest BCUT2D eigenvalue weighted by Gasteiger charge is 2.05. The predicted molar refractivity (Wildman–Crippen MR) is 83.5 cm³/mol. The molecule has 2 nitrogen and oxygen atoms in total. The largest absolute Gasteiger partial charge is 0.391 e. The Balaban J connectivity index is 1.82. The quantitative estimate of drug-likeness (QED) is 0.879. The molecule has 0 aliphatic rings. The molecule has 2 aromatic rings. The standard InChI is InChI=1S/C16H18BrNO/c1-12-2-4-13(5-3-12)10-16(19)11-18-15-8-6-14(17)7-9-15/h2-9,16,18-19H,10-11H2,1H3/t16-/m0/s1. The van der Waals surface area contributed by atoms with Crippen LogP contribution in [-0.2, 0) is 6.42 Å². The zero-order valence-corrected chi connectivity index (χ0v) is 12.5. The molecule has 1 atom stereocenters. The fourth-order valence-corrected chi connectivity index (χ4v) is 2.14. The van der Waals surface area contributed by atoms with Crippen LogP contribution in [0.15, 0.2) is 53.0 Å². The smallest absolute Gasteiger partial charge is 0.0752 e. The lowest BCUT2D eigenvalue weighted by molar-refractivity contribution is 0.188. The Bertz CT molecular complexity index is 507. The molecule has 19 heavy (non-hydrogen) atoms. The van der Waals surface area contributed by atoms with Gasteiger partial charge in [-0.25, -0.2) is 0 Å². The van der Waals surface area contributed by atoms with Crippen molar-refractivity contribution in [3.8, 4) is 0 Å². The Kier molecular flexibility index (Phi) is 5.00. The number of nitrogens with one attached hydrogen (secondary N) is 1. The van der Waals surface area contributed by atoms with Gasteiger partial charge in [0.15, 0.2) is 0 Å². The third kappa shape index (κ3) is 4.69. The van der Waals surface area contributed by atoms with Crippen LogP contribution in [-0.4, -0.2) is 17.8 Å². The average molecular weight is 320 g/mol. The van der Waals surface area contributed by atoms with Crippen LogP contribution in [0.3, 0.4) is 0 Å². The van der Waals surface area contributed by atoms with Gasteiger partial charge in [-0.15, -0.1) is 0 Å². The Morgan fingerprint density at radius 2 is 1.68 bits per heavy atom. The second-order valence-electron chi connectivity index (χ2n) is 4.73. The predicted octanol–water partition coefficient (Wildman–Crippen LogP) is 3.77. The van der Waals surface area contributed by atoms with Crippen LogP contribution in [0.1, 0.15) is 11.1 Å². The molecule has 0 unspecified atom stereocenters. The Labute approximate surface area is 122 Å². The highest BCUT2D eigenvalue weighted by Crippen LogP contribution is 2.14. The number of benzene rings is 2. The maximum absolute atomic E-state index is 10.0. The van der Waals surface area contributed by atoms with E-state index in [-0.39, 0.29) is 6.10 Å². The van der Waals surface area contributed by atoms with Crippen LogP contribution in [0, 0.1) is 6.92 Å². The number of anilines is 1. The van der Waals surface area contributed by atoms with Gasteiger partial charge in [0.2, 0.25) is 0 Å². The molecular weight excluding hydrogens is 302 g/mol. The summed E-state index contributed by atoms with van der Waals surface area (Å²) in [5.74, 6) is 0. The van der Waals surface area contributed by atoms with Crippen molar-refractivity contribution in [1.82, 2.24) is 0 Å². The molecule has 0 saturated heterocycles. The minimum Gasteiger partial charge on any atom is -0.391 e. The number of aryl methyl sites for hydroxylation is 1. The van der Waals surface area contributed by atoms with Crippen molar-refractivity contribution >= 4 is 21.6 Å². The van der Waals surface area contributed by atoms with E-state index in [2.05, 4.69) is 52.4 Å². The van der Waals surface area contributed by atoms with E-state index in [1.807, 2.05) is 24.3 Å². The fraction of sp³-hybridized carbons (Fsp3) is 0.250. The van der Waals surface area contributed by atoms with Crippen LogP contribution in [0.2, 0.25) is 0 Å². The van der Waals surface area contributed by atoms with Crippen LogP contribution in [0.4, 0.5) is 5.69 Å².